The Morgan fingerprint density at radius 1 is 1.27 bits per heavy atom. The van der Waals surface area contributed by atoms with Crippen LogP contribution in [-0.4, -0.2) is 41.4 Å². The van der Waals surface area contributed by atoms with Gasteiger partial charge in [0.25, 0.3) is 5.91 Å². The van der Waals surface area contributed by atoms with E-state index < -0.39 is 36.0 Å². The normalized spacial score (nSPS) is 21.6. The fraction of sp³-hybridized carbons (Fsp3) is 0.444. The van der Waals surface area contributed by atoms with Crippen LogP contribution in [0.4, 0.5) is 9.59 Å². The Morgan fingerprint density at radius 3 is 2.73 bits per heavy atom. The zero-order valence-electron chi connectivity index (χ0n) is 14.8. The molecule has 8 heteroatoms. The fourth-order valence-electron chi connectivity index (χ4n) is 3.56. The van der Waals surface area contributed by atoms with Crippen LogP contribution in [0.25, 0.3) is 0 Å². The summed E-state index contributed by atoms with van der Waals surface area (Å²) in [4.78, 5) is 49.9. The van der Waals surface area contributed by atoms with Crippen molar-refractivity contribution in [3.8, 4) is 0 Å². The van der Waals surface area contributed by atoms with Crippen molar-refractivity contribution in [3.63, 3.8) is 0 Å². The minimum Gasteiger partial charge on any atom is -0.336 e. The van der Waals surface area contributed by atoms with Gasteiger partial charge < -0.3 is 10.6 Å². The van der Waals surface area contributed by atoms with Crippen molar-refractivity contribution in [2.75, 3.05) is 6.54 Å². The highest BCUT2D eigenvalue weighted by Gasteiger charge is 2.54. The van der Waals surface area contributed by atoms with Crippen molar-refractivity contribution in [1.29, 1.82) is 0 Å². The smallest absolute Gasteiger partial charge is 0.325 e. The van der Waals surface area contributed by atoms with Crippen LogP contribution in [0.1, 0.15) is 37.8 Å². The molecule has 1 fully saturated rings. The minimum absolute atomic E-state index is 0.137. The van der Waals surface area contributed by atoms with E-state index in [9.17, 15) is 19.2 Å². The van der Waals surface area contributed by atoms with E-state index in [1.54, 1.807) is 13.8 Å². The molecule has 1 aliphatic heterocycles. The number of benzene rings is 1. The molecule has 8 nitrogen and oxygen atoms in total. The second-order valence-electron chi connectivity index (χ2n) is 6.91. The molecule has 2 aliphatic rings. The molecule has 0 bridgehead atoms. The number of nitrogens with one attached hydrogen (secondary N) is 3. The number of urea groups is 2. The Morgan fingerprint density at radius 2 is 2.00 bits per heavy atom. The average molecular weight is 358 g/mol. The van der Waals surface area contributed by atoms with Crippen LogP contribution >= 0.6 is 0 Å². The van der Waals surface area contributed by atoms with Crippen LogP contribution in [0.3, 0.4) is 0 Å². The van der Waals surface area contributed by atoms with Crippen LogP contribution in [0.5, 0.6) is 0 Å². The lowest BCUT2D eigenvalue weighted by Crippen LogP contribution is -2.49. The molecule has 1 atom stereocenters. The molecule has 1 saturated heterocycles. The maximum Gasteiger partial charge on any atom is 0.325 e. The van der Waals surface area contributed by atoms with E-state index in [-0.39, 0.29) is 6.04 Å². The molecule has 1 heterocycles. The predicted molar refractivity (Wildman–Crippen MR) is 93.1 cm³/mol. The van der Waals surface area contributed by atoms with Crippen LogP contribution in [0.15, 0.2) is 24.3 Å². The molecule has 3 rings (SSSR count). The molecular formula is C18H22N4O4. The second-order valence-corrected chi connectivity index (χ2v) is 6.91. The van der Waals surface area contributed by atoms with Gasteiger partial charge in [0.15, 0.2) is 0 Å². The number of fused-ring (bicyclic) bond motifs is 2. The lowest BCUT2D eigenvalue weighted by atomic mass is 9.76. The number of aryl methyl sites for hydroxylation is 1. The first kappa shape index (κ1) is 17.9. The van der Waals surface area contributed by atoms with Crippen molar-refractivity contribution in [2.45, 2.75) is 44.7 Å². The summed E-state index contributed by atoms with van der Waals surface area (Å²) in [7, 11) is 0. The lowest BCUT2D eigenvalue weighted by molar-refractivity contribution is -0.135. The van der Waals surface area contributed by atoms with E-state index >= 15 is 0 Å². The van der Waals surface area contributed by atoms with E-state index in [4.69, 9.17) is 0 Å². The molecule has 3 N–H and O–H groups in total. The topological polar surface area (TPSA) is 108 Å². The monoisotopic (exact) mass is 358 g/mol. The number of hydrogen-bond donors (Lipinski definition) is 3. The van der Waals surface area contributed by atoms with E-state index in [1.807, 2.05) is 24.3 Å². The number of carbonyl (C=O) groups is 4. The van der Waals surface area contributed by atoms with E-state index in [2.05, 4.69) is 16.0 Å². The largest absolute Gasteiger partial charge is 0.336 e. The van der Waals surface area contributed by atoms with Gasteiger partial charge in [-0.05, 0) is 44.2 Å². The molecular weight excluding hydrogens is 336 g/mol. The maximum atomic E-state index is 13.0. The Balaban J connectivity index is 1.76. The van der Waals surface area contributed by atoms with Crippen molar-refractivity contribution in [2.24, 2.45) is 0 Å². The molecule has 0 aromatic heterocycles. The van der Waals surface area contributed by atoms with Gasteiger partial charge in [-0.25, -0.2) is 9.59 Å². The Hall–Kier alpha value is -2.90. The molecule has 1 spiro atoms. The van der Waals surface area contributed by atoms with Crippen molar-refractivity contribution in [3.05, 3.63) is 35.4 Å². The Kier molecular flexibility index (Phi) is 4.67. The van der Waals surface area contributed by atoms with Crippen LogP contribution in [0, 0.1) is 0 Å². The summed E-state index contributed by atoms with van der Waals surface area (Å²) in [5, 5.41) is 7.42. The summed E-state index contributed by atoms with van der Waals surface area (Å²) in [5.74, 6) is -1.16. The third-order valence-electron chi connectivity index (χ3n) is 4.63. The van der Waals surface area contributed by atoms with Gasteiger partial charge in [-0.15, -0.1) is 0 Å². The number of nitrogens with zero attached hydrogens (tertiary/aromatic N) is 1. The van der Waals surface area contributed by atoms with Crippen molar-refractivity contribution >= 4 is 23.9 Å². The molecule has 138 valence electrons. The summed E-state index contributed by atoms with van der Waals surface area (Å²) in [5.41, 5.74) is 0.687. The molecule has 0 radical (unpaired) electrons. The number of rotatable bonds is 3. The average Bonchev–Trinajstić information content (AvgIpc) is 2.79. The highest BCUT2D eigenvalue weighted by Crippen LogP contribution is 2.39. The summed E-state index contributed by atoms with van der Waals surface area (Å²) in [6.07, 6.45) is 2.09. The van der Waals surface area contributed by atoms with E-state index in [1.165, 1.54) is 0 Å². The summed E-state index contributed by atoms with van der Waals surface area (Å²) >= 11 is 0. The minimum atomic E-state index is -1.12. The standard InChI is InChI=1S/C18H22N4O4/c1-11(2)19-16(25)20-14(23)10-22-15(24)18(21-17(22)26)9-5-7-12-6-3-4-8-13(12)18/h3-4,6,8,11H,5,7,9-10H2,1-2H3,(H,21,26)(H2,19,20,23,25)/t18-/m1/s1. The number of amides is 6. The molecule has 0 unspecified atom stereocenters. The molecule has 1 aromatic rings. The number of carbonyl (C=O) groups excluding carboxylic acids is 4. The van der Waals surface area contributed by atoms with Gasteiger partial charge >= 0.3 is 12.1 Å². The van der Waals surface area contributed by atoms with Crippen LogP contribution < -0.4 is 16.0 Å². The maximum absolute atomic E-state index is 13.0. The van der Waals surface area contributed by atoms with E-state index in [0.717, 1.165) is 28.9 Å². The first-order valence-electron chi connectivity index (χ1n) is 8.66. The van der Waals surface area contributed by atoms with Crippen molar-refractivity contribution < 1.29 is 19.2 Å². The molecule has 26 heavy (non-hydrogen) atoms. The van der Waals surface area contributed by atoms with Gasteiger partial charge in [0.2, 0.25) is 5.91 Å². The Bertz CT molecular complexity index is 776. The Labute approximate surface area is 151 Å². The lowest BCUT2D eigenvalue weighted by Gasteiger charge is -2.33. The second kappa shape index (κ2) is 6.78. The zero-order chi connectivity index (χ0) is 18.9. The van der Waals surface area contributed by atoms with Gasteiger partial charge in [-0.2, -0.15) is 0 Å². The van der Waals surface area contributed by atoms with Gasteiger partial charge in [0.1, 0.15) is 12.1 Å². The molecule has 1 aliphatic carbocycles. The predicted octanol–water partition coefficient (Wildman–Crippen LogP) is 1.00. The van der Waals surface area contributed by atoms with Crippen molar-refractivity contribution in [1.82, 2.24) is 20.9 Å². The summed E-state index contributed by atoms with van der Waals surface area (Å²) in [6.45, 7) is 3.01. The number of hydrogen-bond acceptors (Lipinski definition) is 4. The van der Waals surface area contributed by atoms with Gasteiger partial charge in [0, 0.05) is 6.04 Å². The fourth-order valence-corrected chi connectivity index (χ4v) is 3.56. The van der Waals surface area contributed by atoms with Crippen LogP contribution in [0.2, 0.25) is 0 Å². The molecule has 1 aromatic carbocycles. The summed E-state index contributed by atoms with van der Waals surface area (Å²) in [6, 6.07) is 6.10. The van der Waals surface area contributed by atoms with Gasteiger partial charge in [-0.3, -0.25) is 19.8 Å². The van der Waals surface area contributed by atoms with Gasteiger partial charge in [-0.1, -0.05) is 24.3 Å². The highest BCUT2D eigenvalue weighted by molar-refractivity contribution is 6.10. The molecule has 0 saturated carbocycles. The zero-order valence-corrected chi connectivity index (χ0v) is 14.8. The highest BCUT2D eigenvalue weighted by atomic mass is 16.2. The summed E-state index contributed by atoms with van der Waals surface area (Å²) < 4.78 is 0. The quantitative estimate of drug-likeness (QED) is 0.701. The molecule has 6 amide bonds. The SMILES string of the molecule is CC(C)NC(=O)NC(=O)CN1C(=O)N[C@@]2(CCCc3ccccc32)C1=O. The first-order chi connectivity index (χ1) is 12.3. The van der Waals surface area contributed by atoms with Crippen LogP contribution in [-0.2, 0) is 21.5 Å². The first-order valence-corrected chi connectivity index (χ1v) is 8.66. The van der Waals surface area contributed by atoms with E-state index in [0.29, 0.717) is 6.42 Å². The number of imide groups is 2. The van der Waals surface area contributed by atoms with Gasteiger partial charge in [0.05, 0.1) is 0 Å². The third-order valence-corrected chi connectivity index (χ3v) is 4.63. The third kappa shape index (κ3) is 3.14.